The Kier molecular flexibility index (Phi) is 8.21. The van der Waals surface area contributed by atoms with E-state index in [9.17, 15) is 4.79 Å². The van der Waals surface area contributed by atoms with Crippen LogP contribution < -0.4 is 15.4 Å². The van der Waals surface area contributed by atoms with Crippen LogP contribution in [-0.2, 0) is 11.2 Å². The molecular formula is C25H32N6O3. The Hall–Kier alpha value is -3.30. The lowest BCUT2D eigenvalue weighted by atomic mass is 10.1. The summed E-state index contributed by atoms with van der Waals surface area (Å²) in [5, 5.41) is 5.40. The Balaban J connectivity index is 1.44. The molecule has 0 saturated carbocycles. The molecule has 1 saturated heterocycles. The number of benzene rings is 1. The molecule has 0 spiro atoms. The molecule has 0 unspecified atom stereocenters. The smallest absolute Gasteiger partial charge is 0.320 e. The average molecular weight is 465 g/mol. The molecule has 2 amide bonds. The van der Waals surface area contributed by atoms with Gasteiger partial charge < -0.3 is 14.8 Å². The van der Waals surface area contributed by atoms with E-state index in [0.717, 1.165) is 68.3 Å². The van der Waals surface area contributed by atoms with Gasteiger partial charge in [0.2, 0.25) is 0 Å². The zero-order valence-corrected chi connectivity index (χ0v) is 19.8. The first-order valence-corrected chi connectivity index (χ1v) is 11.9. The van der Waals surface area contributed by atoms with Gasteiger partial charge in [0.25, 0.3) is 0 Å². The first-order valence-electron chi connectivity index (χ1n) is 11.9. The van der Waals surface area contributed by atoms with Crippen molar-refractivity contribution in [2.75, 3.05) is 51.3 Å². The molecule has 4 rings (SSSR count). The number of urea groups is 1. The van der Waals surface area contributed by atoms with Gasteiger partial charge in [-0.15, -0.1) is 0 Å². The maximum absolute atomic E-state index is 11.8. The van der Waals surface area contributed by atoms with Crippen LogP contribution in [0.5, 0.6) is 5.75 Å². The molecule has 1 aliphatic heterocycles. The molecule has 1 aromatic carbocycles. The van der Waals surface area contributed by atoms with Crippen LogP contribution in [0.2, 0.25) is 0 Å². The minimum Gasteiger partial charge on any atom is -0.493 e. The lowest BCUT2D eigenvalue weighted by Gasteiger charge is -2.26. The molecule has 180 valence electrons. The van der Waals surface area contributed by atoms with Gasteiger partial charge >= 0.3 is 6.03 Å². The topological polar surface area (TPSA) is 102 Å². The standard InChI is InChI=1S/C25H32N6O3/c1-3-18-16-19(6-8-22(18)34-13-5-10-31-11-14-33-15-12-31)21-17-27-20-7-9-23(29-24(20)28-21)30-25(32)26-4-2/h6-9,16-17H,3-5,10-15H2,1-2H3,(H2,26,28,29,30,32). The number of nitrogens with one attached hydrogen (secondary N) is 2. The number of morpholine rings is 1. The number of aromatic nitrogens is 3. The van der Waals surface area contributed by atoms with Gasteiger partial charge in [-0.3, -0.25) is 15.2 Å². The number of hydrogen-bond acceptors (Lipinski definition) is 7. The van der Waals surface area contributed by atoms with E-state index in [0.29, 0.717) is 30.1 Å². The van der Waals surface area contributed by atoms with Gasteiger partial charge in [0.1, 0.15) is 17.1 Å². The van der Waals surface area contributed by atoms with Gasteiger partial charge in [0.05, 0.1) is 31.7 Å². The number of carbonyl (C=O) groups excluding carboxylic acids is 1. The van der Waals surface area contributed by atoms with E-state index < -0.39 is 0 Å². The first kappa shape index (κ1) is 23.8. The molecule has 0 atom stereocenters. The molecule has 1 fully saturated rings. The van der Waals surface area contributed by atoms with Crippen molar-refractivity contribution in [2.24, 2.45) is 0 Å². The van der Waals surface area contributed by atoms with E-state index in [1.165, 1.54) is 0 Å². The number of hydrogen-bond donors (Lipinski definition) is 2. The van der Waals surface area contributed by atoms with E-state index in [-0.39, 0.29) is 6.03 Å². The lowest BCUT2D eigenvalue weighted by Crippen LogP contribution is -2.37. The highest BCUT2D eigenvalue weighted by molar-refractivity contribution is 5.89. The number of aryl methyl sites for hydroxylation is 1. The molecule has 3 heterocycles. The van der Waals surface area contributed by atoms with Crippen LogP contribution in [0.25, 0.3) is 22.4 Å². The van der Waals surface area contributed by atoms with Gasteiger partial charge in [0, 0.05) is 31.7 Å². The fraction of sp³-hybridized carbons (Fsp3) is 0.440. The number of carbonyl (C=O) groups is 1. The van der Waals surface area contributed by atoms with Gasteiger partial charge in [0.15, 0.2) is 5.65 Å². The number of anilines is 1. The maximum Gasteiger partial charge on any atom is 0.320 e. The van der Waals surface area contributed by atoms with Crippen LogP contribution in [0.15, 0.2) is 36.5 Å². The van der Waals surface area contributed by atoms with E-state index in [1.807, 2.05) is 19.1 Å². The number of pyridine rings is 1. The molecule has 2 aromatic heterocycles. The zero-order valence-electron chi connectivity index (χ0n) is 19.8. The zero-order chi connectivity index (χ0) is 23.8. The summed E-state index contributed by atoms with van der Waals surface area (Å²) in [6.07, 6.45) is 3.59. The number of amides is 2. The average Bonchev–Trinajstić information content (AvgIpc) is 2.87. The normalized spacial score (nSPS) is 14.2. The fourth-order valence-corrected chi connectivity index (χ4v) is 3.88. The first-order chi connectivity index (χ1) is 16.7. The predicted octanol–water partition coefficient (Wildman–Crippen LogP) is 3.50. The van der Waals surface area contributed by atoms with Gasteiger partial charge in [-0.2, -0.15) is 0 Å². The Morgan fingerprint density at radius 3 is 2.79 bits per heavy atom. The van der Waals surface area contributed by atoms with E-state index in [1.54, 1.807) is 18.3 Å². The summed E-state index contributed by atoms with van der Waals surface area (Å²) in [5.74, 6) is 1.34. The minimum atomic E-state index is -0.299. The Morgan fingerprint density at radius 1 is 1.15 bits per heavy atom. The molecule has 0 bridgehead atoms. The minimum absolute atomic E-state index is 0.299. The summed E-state index contributed by atoms with van der Waals surface area (Å²) < 4.78 is 11.5. The third-order valence-corrected chi connectivity index (χ3v) is 5.70. The highest BCUT2D eigenvalue weighted by Gasteiger charge is 2.12. The second-order valence-corrected chi connectivity index (χ2v) is 8.11. The summed E-state index contributed by atoms with van der Waals surface area (Å²) in [7, 11) is 0. The summed E-state index contributed by atoms with van der Waals surface area (Å²) >= 11 is 0. The summed E-state index contributed by atoms with van der Waals surface area (Å²) in [5.41, 5.74) is 3.96. The van der Waals surface area contributed by atoms with Crippen molar-refractivity contribution in [3.63, 3.8) is 0 Å². The molecule has 34 heavy (non-hydrogen) atoms. The Morgan fingerprint density at radius 2 is 2.00 bits per heavy atom. The fourth-order valence-electron chi connectivity index (χ4n) is 3.88. The van der Waals surface area contributed by atoms with Gasteiger partial charge in [-0.05, 0) is 55.7 Å². The van der Waals surface area contributed by atoms with Crippen molar-refractivity contribution >= 4 is 23.0 Å². The Labute approximate surface area is 199 Å². The van der Waals surface area contributed by atoms with Crippen molar-refractivity contribution < 1.29 is 14.3 Å². The van der Waals surface area contributed by atoms with Gasteiger partial charge in [-0.25, -0.2) is 14.8 Å². The lowest BCUT2D eigenvalue weighted by molar-refractivity contribution is 0.0358. The van der Waals surface area contributed by atoms with Crippen molar-refractivity contribution in [1.29, 1.82) is 0 Å². The molecule has 0 aliphatic carbocycles. The Bertz CT molecular complexity index is 1120. The van der Waals surface area contributed by atoms with Crippen LogP contribution >= 0.6 is 0 Å². The van der Waals surface area contributed by atoms with E-state index in [4.69, 9.17) is 9.47 Å². The molecule has 0 radical (unpaired) electrons. The van der Waals surface area contributed by atoms with Crippen LogP contribution in [0.4, 0.5) is 10.6 Å². The van der Waals surface area contributed by atoms with Crippen molar-refractivity contribution in [2.45, 2.75) is 26.7 Å². The van der Waals surface area contributed by atoms with Crippen LogP contribution in [0.1, 0.15) is 25.8 Å². The SMILES string of the molecule is CCNC(=O)Nc1ccc2ncc(-c3ccc(OCCCN4CCOCC4)c(CC)c3)nc2n1. The van der Waals surface area contributed by atoms with E-state index >= 15 is 0 Å². The van der Waals surface area contributed by atoms with Gasteiger partial charge in [-0.1, -0.05) is 6.92 Å². The highest BCUT2D eigenvalue weighted by atomic mass is 16.5. The second-order valence-electron chi connectivity index (χ2n) is 8.11. The molecule has 3 aromatic rings. The quantitative estimate of drug-likeness (QED) is 0.467. The van der Waals surface area contributed by atoms with Crippen LogP contribution in [-0.4, -0.2) is 71.9 Å². The number of rotatable bonds is 9. The number of nitrogens with zero attached hydrogens (tertiary/aromatic N) is 4. The number of fused-ring (bicyclic) bond motifs is 1. The highest BCUT2D eigenvalue weighted by Crippen LogP contribution is 2.27. The van der Waals surface area contributed by atoms with Crippen molar-refractivity contribution in [3.8, 4) is 17.0 Å². The van der Waals surface area contributed by atoms with E-state index in [2.05, 4.69) is 43.5 Å². The molecule has 2 N–H and O–H groups in total. The largest absolute Gasteiger partial charge is 0.493 e. The third-order valence-electron chi connectivity index (χ3n) is 5.70. The monoisotopic (exact) mass is 464 g/mol. The van der Waals surface area contributed by atoms with Crippen molar-refractivity contribution in [1.82, 2.24) is 25.2 Å². The molecule has 9 nitrogen and oxygen atoms in total. The summed E-state index contributed by atoms with van der Waals surface area (Å²) in [6.45, 7) is 9.87. The van der Waals surface area contributed by atoms with Crippen LogP contribution in [0, 0.1) is 0 Å². The predicted molar refractivity (Wildman–Crippen MR) is 132 cm³/mol. The second kappa shape index (κ2) is 11.7. The number of ether oxygens (including phenoxy) is 2. The molecular weight excluding hydrogens is 432 g/mol. The molecule has 9 heteroatoms. The molecule has 1 aliphatic rings. The summed E-state index contributed by atoms with van der Waals surface area (Å²) in [4.78, 5) is 27.9. The third kappa shape index (κ3) is 6.18. The van der Waals surface area contributed by atoms with Crippen LogP contribution in [0.3, 0.4) is 0 Å². The summed E-state index contributed by atoms with van der Waals surface area (Å²) in [6, 6.07) is 9.33. The van der Waals surface area contributed by atoms with Crippen molar-refractivity contribution in [3.05, 3.63) is 42.1 Å². The maximum atomic E-state index is 11.8.